The molecule has 2 aliphatic carbocycles. The lowest BCUT2D eigenvalue weighted by Gasteiger charge is -2.58. The quantitative estimate of drug-likeness (QED) is 0.515. The summed E-state index contributed by atoms with van der Waals surface area (Å²) in [5.74, 6) is -0.442. The van der Waals surface area contributed by atoms with E-state index in [0.717, 1.165) is 17.0 Å². The molecular weight excluding hydrogens is 454 g/mol. The molecule has 1 fully saturated rings. The zero-order valence-electron chi connectivity index (χ0n) is 19.9. The molecule has 4 rings (SSSR count). The van der Waals surface area contributed by atoms with E-state index in [4.69, 9.17) is 9.40 Å². The fraction of sp³-hybridized carbons (Fsp3) is 0.560. The zero-order valence-corrected chi connectivity index (χ0v) is 20.7. The van der Waals surface area contributed by atoms with Gasteiger partial charge in [-0.3, -0.25) is 14.9 Å². The molecule has 34 heavy (non-hydrogen) atoms. The lowest BCUT2D eigenvalue weighted by atomic mass is 9.47. The average molecular weight is 488 g/mol. The van der Waals surface area contributed by atoms with Gasteiger partial charge in [-0.2, -0.15) is 0 Å². The molecule has 1 saturated carbocycles. The minimum atomic E-state index is -0.694. The number of fused-ring (bicyclic) bond motifs is 2. The molecular formula is C25H33N3O5S. The molecule has 0 spiro atoms. The van der Waals surface area contributed by atoms with Gasteiger partial charge in [0.1, 0.15) is 0 Å². The molecule has 0 radical (unpaired) electrons. The normalized spacial score (nSPS) is 30.2. The van der Waals surface area contributed by atoms with Gasteiger partial charge in [0.15, 0.2) is 10.9 Å². The maximum atomic E-state index is 13.1. The molecule has 2 aliphatic rings. The van der Waals surface area contributed by atoms with Crippen LogP contribution >= 0.6 is 11.3 Å². The van der Waals surface area contributed by atoms with Crippen LogP contribution in [0.2, 0.25) is 0 Å². The van der Waals surface area contributed by atoms with E-state index in [1.165, 1.54) is 17.6 Å². The zero-order chi connectivity index (χ0) is 24.7. The lowest BCUT2D eigenvalue weighted by molar-refractivity contribution is -0.146. The first kappa shape index (κ1) is 24.6. The van der Waals surface area contributed by atoms with E-state index >= 15 is 0 Å². The van der Waals surface area contributed by atoms with Crippen LogP contribution in [0.4, 0.5) is 5.13 Å². The summed E-state index contributed by atoms with van der Waals surface area (Å²) in [7, 11) is 1.76. The predicted molar refractivity (Wildman–Crippen MR) is 130 cm³/mol. The second kappa shape index (κ2) is 9.28. The third-order valence-corrected chi connectivity index (χ3v) is 9.08. The van der Waals surface area contributed by atoms with Crippen molar-refractivity contribution >= 4 is 28.3 Å². The van der Waals surface area contributed by atoms with E-state index in [2.05, 4.69) is 18.8 Å². The SMILES string of the molecule is C=CCN(C)C(=O)C[C@@H]1c2nc(NC(=O)c3ccco3)sc2C[C@@H]2[C@](C)(CO)[C@H](O)CC[C@]21C. The number of likely N-dealkylation sites (N-methyl/N-ethyl adjacent to an activating group) is 1. The van der Waals surface area contributed by atoms with Gasteiger partial charge in [0, 0.05) is 36.2 Å². The number of nitrogens with zero attached hydrogens (tertiary/aromatic N) is 2. The number of hydrogen-bond donors (Lipinski definition) is 3. The second-order valence-corrected chi connectivity index (χ2v) is 11.1. The van der Waals surface area contributed by atoms with Gasteiger partial charge < -0.3 is 19.5 Å². The van der Waals surface area contributed by atoms with E-state index in [1.807, 2.05) is 6.92 Å². The number of thiazole rings is 1. The molecule has 8 nitrogen and oxygen atoms in total. The van der Waals surface area contributed by atoms with Gasteiger partial charge in [-0.25, -0.2) is 4.98 Å². The Morgan fingerprint density at radius 1 is 1.44 bits per heavy atom. The Morgan fingerprint density at radius 2 is 2.21 bits per heavy atom. The minimum Gasteiger partial charge on any atom is -0.459 e. The molecule has 0 bridgehead atoms. The third-order valence-electron chi connectivity index (χ3n) is 8.07. The van der Waals surface area contributed by atoms with Crippen molar-refractivity contribution < 1.29 is 24.2 Å². The highest BCUT2D eigenvalue weighted by molar-refractivity contribution is 7.15. The Hall–Kier alpha value is -2.49. The van der Waals surface area contributed by atoms with E-state index in [1.54, 1.807) is 30.2 Å². The highest BCUT2D eigenvalue weighted by Gasteiger charge is 2.59. The van der Waals surface area contributed by atoms with Crippen LogP contribution in [0.3, 0.4) is 0 Å². The molecule has 0 unspecified atom stereocenters. The first-order valence-corrected chi connectivity index (χ1v) is 12.4. The van der Waals surface area contributed by atoms with E-state index in [9.17, 15) is 19.8 Å². The van der Waals surface area contributed by atoms with Crippen molar-refractivity contribution in [3.05, 3.63) is 47.4 Å². The molecule has 2 aromatic rings. The molecule has 184 valence electrons. The number of aliphatic hydroxyl groups is 2. The van der Waals surface area contributed by atoms with Gasteiger partial charge >= 0.3 is 0 Å². The fourth-order valence-corrected chi connectivity index (χ4v) is 6.96. The van der Waals surface area contributed by atoms with Crippen LogP contribution in [0.15, 0.2) is 35.5 Å². The van der Waals surface area contributed by atoms with Crippen molar-refractivity contribution in [1.29, 1.82) is 0 Å². The number of aromatic nitrogens is 1. The molecule has 9 heteroatoms. The van der Waals surface area contributed by atoms with Gasteiger partial charge in [0.25, 0.3) is 5.91 Å². The van der Waals surface area contributed by atoms with Crippen molar-refractivity contribution in [1.82, 2.24) is 9.88 Å². The van der Waals surface area contributed by atoms with Crippen molar-refractivity contribution in [2.75, 3.05) is 25.5 Å². The van der Waals surface area contributed by atoms with Gasteiger partial charge in [-0.15, -0.1) is 17.9 Å². The fourth-order valence-electron chi connectivity index (χ4n) is 5.89. The summed E-state index contributed by atoms with van der Waals surface area (Å²) in [6.07, 6.45) is 4.68. The van der Waals surface area contributed by atoms with Crippen LogP contribution in [0.5, 0.6) is 0 Å². The monoisotopic (exact) mass is 487 g/mol. The van der Waals surface area contributed by atoms with Crippen molar-refractivity contribution in [3.8, 4) is 0 Å². The third kappa shape index (κ3) is 4.10. The van der Waals surface area contributed by atoms with E-state index in [0.29, 0.717) is 24.5 Å². The Balaban J connectivity index is 1.73. The number of hydrogen-bond acceptors (Lipinski definition) is 7. The van der Waals surface area contributed by atoms with E-state index < -0.39 is 11.5 Å². The maximum absolute atomic E-state index is 13.1. The van der Waals surface area contributed by atoms with Crippen LogP contribution < -0.4 is 5.32 Å². The minimum absolute atomic E-state index is 0.0104. The van der Waals surface area contributed by atoms with Gasteiger partial charge in [0.2, 0.25) is 5.91 Å². The molecule has 2 amide bonds. The Kier molecular flexibility index (Phi) is 6.72. The van der Waals surface area contributed by atoms with Gasteiger partial charge in [-0.05, 0) is 42.7 Å². The molecule has 5 atom stereocenters. The van der Waals surface area contributed by atoms with Crippen LogP contribution in [0.1, 0.15) is 60.2 Å². The first-order chi connectivity index (χ1) is 16.1. The van der Waals surface area contributed by atoms with Gasteiger partial charge in [0.05, 0.1) is 24.7 Å². The summed E-state index contributed by atoms with van der Waals surface area (Å²) in [5.41, 5.74) is -0.207. The summed E-state index contributed by atoms with van der Waals surface area (Å²) in [6, 6.07) is 3.24. The standard InChI is InChI=1S/C25H33N3O5S/c1-5-10-28(4)20(31)12-15-21-17(34-23(26-21)27-22(32)16-7-6-11-33-16)13-18-24(15,2)9-8-19(30)25(18,3)14-29/h5-7,11,15,18-19,29-30H,1,8-10,12-14H2,2-4H3,(H,26,27,32)/t15-,18+,19-,24+,25+/m1/s1. The number of furan rings is 1. The van der Waals surface area contributed by atoms with Crippen molar-refractivity contribution in [2.45, 2.75) is 51.6 Å². The first-order valence-electron chi connectivity index (χ1n) is 11.6. The number of carbonyl (C=O) groups is 2. The predicted octanol–water partition coefficient (Wildman–Crippen LogP) is 3.44. The molecule has 0 aromatic carbocycles. The van der Waals surface area contributed by atoms with Gasteiger partial charge in [-0.1, -0.05) is 19.9 Å². The number of amides is 2. The molecule has 2 aromatic heterocycles. The summed E-state index contributed by atoms with van der Waals surface area (Å²) >= 11 is 1.39. The number of anilines is 1. The number of nitrogens with one attached hydrogen (secondary N) is 1. The number of rotatable bonds is 7. The maximum Gasteiger partial charge on any atom is 0.293 e. The van der Waals surface area contributed by atoms with Crippen molar-refractivity contribution in [2.24, 2.45) is 16.7 Å². The summed E-state index contributed by atoms with van der Waals surface area (Å²) in [6.45, 7) is 8.14. The topological polar surface area (TPSA) is 116 Å². The summed E-state index contributed by atoms with van der Waals surface area (Å²) in [4.78, 5) is 33.1. The lowest BCUT2D eigenvalue weighted by Crippen LogP contribution is -2.57. The largest absolute Gasteiger partial charge is 0.459 e. The molecule has 3 N–H and O–H groups in total. The highest BCUT2D eigenvalue weighted by Crippen LogP contribution is 2.62. The van der Waals surface area contributed by atoms with Crippen LogP contribution in [-0.2, 0) is 11.2 Å². The smallest absolute Gasteiger partial charge is 0.293 e. The molecule has 0 saturated heterocycles. The molecule has 2 heterocycles. The second-order valence-electron chi connectivity index (χ2n) is 10.1. The Labute approximate surface area is 203 Å². The average Bonchev–Trinajstić information content (AvgIpc) is 3.48. The molecule has 0 aliphatic heterocycles. The number of carbonyl (C=O) groups excluding carboxylic acids is 2. The summed E-state index contributed by atoms with van der Waals surface area (Å²) < 4.78 is 5.19. The number of aliphatic hydroxyl groups excluding tert-OH is 2. The summed E-state index contributed by atoms with van der Waals surface area (Å²) in [5, 5.41) is 24.5. The highest BCUT2D eigenvalue weighted by atomic mass is 32.1. The van der Waals surface area contributed by atoms with Crippen LogP contribution in [-0.4, -0.2) is 58.2 Å². The van der Waals surface area contributed by atoms with E-state index in [-0.39, 0.29) is 47.9 Å². The van der Waals surface area contributed by atoms with Crippen LogP contribution in [0.25, 0.3) is 0 Å². The Bertz CT molecular complexity index is 1070. The van der Waals surface area contributed by atoms with Crippen LogP contribution in [0, 0.1) is 16.7 Å². The Morgan fingerprint density at radius 3 is 2.85 bits per heavy atom. The van der Waals surface area contributed by atoms with Crippen molar-refractivity contribution in [3.63, 3.8) is 0 Å².